The number of aliphatic hydroxyl groups excluding tert-OH is 5. The van der Waals surface area contributed by atoms with E-state index in [1.165, 1.54) is 0 Å². The molecule has 5 N–H and O–H groups in total. The van der Waals surface area contributed by atoms with Gasteiger partial charge in [-0.05, 0) is 29.4 Å². The first-order chi connectivity index (χ1) is 19.6. The van der Waals surface area contributed by atoms with Gasteiger partial charge in [0.05, 0.1) is 32.0 Å². The van der Waals surface area contributed by atoms with E-state index >= 15 is 0 Å². The van der Waals surface area contributed by atoms with Crippen molar-refractivity contribution in [2.45, 2.75) is 108 Å². The van der Waals surface area contributed by atoms with Crippen LogP contribution < -0.4 is 4.74 Å². The molecule has 2 saturated heterocycles. The monoisotopic (exact) mass is 588 g/mol. The molecule has 41 heavy (non-hydrogen) atoms. The summed E-state index contributed by atoms with van der Waals surface area (Å²) < 4.78 is 32.3. The third-order valence-corrected chi connectivity index (χ3v) is 6.99. The molecule has 0 saturated carbocycles. The van der Waals surface area contributed by atoms with Gasteiger partial charge in [0, 0.05) is 26.6 Å². The lowest BCUT2D eigenvalue weighted by Gasteiger charge is -2.42. The summed E-state index contributed by atoms with van der Waals surface area (Å²) in [7, 11) is 1.59. The fourth-order valence-corrected chi connectivity index (χ4v) is 4.75. The quantitative estimate of drug-likeness (QED) is 0.165. The molecule has 0 aromatic heterocycles. The molecule has 2 fully saturated rings. The summed E-state index contributed by atoms with van der Waals surface area (Å²) >= 11 is 0. The molecule has 236 valence electrons. The molecule has 0 amide bonds. The van der Waals surface area contributed by atoms with E-state index in [4.69, 9.17) is 28.4 Å². The molecule has 12 nitrogen and oxygen atoms in total. The van der Waals surface area contributed by atoms with Crippen molar-refractivity contribution in [2.75, 3.05) is 33.5 Å². The van der Waals surface area contributed by atoms with E-state index < -0.39 is 62.4 Å². The third-order valence-electron chi connectivity index (χ3n) is 6.99. The Hall–Kier alpha value is -1.71. The normalized spacial score (nSPS) is 30.1. The summed E-state index contributed by atoms with van der Waals surface area (Å²) in [6, 6.07) is 6.03. The number of methoxy groups -OCH3 is 1. The molecule has 2 aliphatic rings. The van der Waals surface area contributed by atoms with Crippen LogP contribution in [0, 0.1) is 0 Å². The Balaban J connectivity index is 0.000000333. The Bertz CT molecular complexity index is 855. The number of hydrogen-bond donors (Lipinski definition) is 5. The second-order valence-corrected chi connectivity index (χ2v) is 10.8. The van der Waals surface area contributed by atoms with Crippen molar-refractivity contribution in [3.8, 4) is 5.75 Å². The van der Waals surface area contributed by atoms with Crippen molar-refractivity contribution in [1.29, 1.82) is 0 Å². The number of aliphatic hydroxyl groups is 5. The molecule has 2 aliphatic heterocycles. The van der Waals surface area contributed by atoms with E-state index in [0.29, 0.717) is 37.9 Å². The van der Waals surface area contributed by atoms with Gasteiger partial charge in [0.15, 0.2) is 12.6 Å². The predicted octanol–water partition coefficient (Wildman–Crippen LogP) is 1.19. The van der Waals surface area contributed by atoms with Crippen LogP contribution in [-0.4, -0.2) is 115 Å². The number of carbonyl (C=O) groups is 1. The van der Waals surface area contributed by atoms with Crippen molar-refractivity contribution in [2.24, 2.45) is 0 Å². The summed E-state index contributed by atoms with van der Waals surface area (Å²) in [5.74, 6) is 1.45. The van der Waals surface area contributed by atoms with Crippen LogP contribution in [0.15, 0.2) is 18.2 Å². The molecular weight excluding hydrogens is 540 g/mol. The fourth-order valence-electron chi connectivity index (χ4n) is 4.75. The smallest absolute Gasteiger partial charge is 0.298 e. The van der Waals surface area contributed by atoms with Gasteiger partial charge in [0.25, 0.3) is 6.47 Å². The van der Waals surface area contributed by atoms with Gasteiger partial charge in [0.2, 0.25) is 0 Å². The molecule has 8 atom stereocenters. The largest absolute Gasteiger partial charge is 0.428 e. The molecule has 0 aliphatic carbocycles. The van der Waals surface area contributed by atoms with Crippen molar-refractivity contribution in [3.05, 3.63) is 29.3 Å². The molecular formula is C29H48O12. The summed E-state index contributed by atoms with van der Waals surface area (Å²) in [6.45, 7) is 8.94. The average Bonchev–Trinajstić information content (AvgIpc) is 2.94. The minimum atomic E-state index is -1.22. The van der Waals surface area contributed by atoms with E-state index in [9.17, 15) is 30.3 Å². The maximum Gasteiger partial charge on any atom is 0.298 e. The van der Waals surface area contributed by atoms with Crippen LogP contribution in [0.3, 0.4) is 0 Å². The van der Waals surface area contributed by atoms with Crippen LogP contribution in [0.25, 0.3) is 0 Å². The van der Waals surface area contributed by atoms with Gasteiger partial charge < -0.3 is 54.0 Å². The molecule has 0 radical (unpaired) electrons. The number of carbonyl (C=O) groups excluding carboxylic acids is 1. The number of benzene rings is 1. The van der Waals surface area contributed by atoms with Gasteiger partial charge in [-0.15, -0.1) is 0 Å². The van der Waals surface area contributed by atoms with Crippen LogP contribution in [0.4, 0.5) is 0 Å². The lowest BCUT2D eigenvalue weighted by atomic mass is 9.94. The molecule has 2 heterocycles. The van der Waals surface area contributed by atoms with Crippen molar-refractivity contribution in [3.63, 3.8) is 0 Å². The minimum absolute atomic E-state index is 0.0318. The second kappa shape index (κ2) is 18.1. The molecule has 12 heteroatoms. The van der Waals surface area contributed by atoms with Gasteiger partial charge in [-0.25, -0.2) is 0 Å². The lowest BCUT2D eigenvalue weighted by molar-refractivity contribution is -0.320. The molecule has 5 unspecified atom stereocenters. The Morgan fingerprint density at radius 2 is 1.49 bits per heavy atom. The van der Waals surface area contributed by atoms with E-state index in [1.54, 1.807) is 7.11 Å². The van der Waals surface area contributed by atoms with E-state index in [0.717, 1.165) is 16.9 Å². The highest BCUT2D eigenvalue weighted by atomic mass is 16.7. The van der Waals surface area contributed by atoms with Crippen LogP contribution in [0.5, 0.6) is 5.75 Å². The van der Waals surface area contributed by atoms with Crippen molar-refractivity contribution in [1.82, 2.24) is 0 Å². The first-order valence-electron chi connectivity index (χ1n) is 14.1. The summed E-state index contributed by atoms with van der Waals surface area (Å²) in [4.78, 5) is 10.5. The second-order valence-electron chi connectivity index (χ2n) is 10.8. The summed E-state index contributed by atoms with van der Waals surface area (Å²) in [6.07, 6.45) is -6.89. The van der Waals surface area contributed by atoms with E-state index in [-0.39, 0.29) is 12.8 Å². The standard InChI is InChI=1S/C16H30O10.C13H18O2/c1-22-3-2-4-23-13-6-10(20)16(12(8-18)25-13)26-14-5-9(19)15(21)11(7-17)24-14;1-9(2)11-6-5-7-12(10(3)4)13(11)15-8-14/h9-21H,2-8H2,1H3;5-10H,1-4H3/t9?,10?,11?,12?,13?,14-,15+,16+;/m1./s1. The summed E-state index contributed by atoms with van der Waals surface area (Å²) in [5.41, 5.74) is 2.18. The van der Waals surface area contributed by atoms with Crippen LogP contribution in [0.1, 0.15) is 69.9 Å². The predicted molar refractivity (Wildman–Crippen MR) is 147 cm³/mol. The van der Waals surface area contributed by atoms with Gasteiger partial charge in [-0.2, -0.15) is 0 Å². The van der Waals surface area contributed by atoms with Crippen LogP contribution in [-0.2, 0) is 28.5 Å². The number of rotatable bonds is 13. The summed E-state index contributed by atoms with van der Waals surface area (Å²) in [5, 5.41) is 48.8. The Kier molecular flexibility index (Phi) is 15.6. The highest BCUT2D eigenvalue weighted by Gasteiger charge is 2.43. The zero-order valence-electron chi connectivity index (χ0n) is 24.6. The first-order valence-corrected chi connectivity index (χ1v) is 14.1. The lowest BCUT2D eigenvalue weighted by Crippen LogP contribution is -2.56. The maximum absolute atomic E-state index is 10.5. The molecule has 3 rings (SSSR count). The maximum atomic E-state index is 10.5. The van der Waals surface area contributed by atoms with Crippen LogP contribution in [0.2, 0.25) is 0 Å². The highest BCUT2D eigenvalue weighted by molar-refractivity contribution is 5.53. The molecule has 0 spiro atoms. The molecule has 0 bridgehead atoms. The number of hydrogen-bond acceptors (Lipinski definition) is 12. The van der Waals surface area contributed by atoms with Gasteiger partial charge in [-0.1, -0.05) is 45.9 Å². The zero-order chi connectivity index (χ0) is 30.5. The van der Waals surface area contributed by atoms with Gasteiger partial charge >= 0.3 is 0 Å². The van der Waals surface area contributed by atoms with Crippen molar-refractivity contribution < 1.29 is 58.7 Å². The molecule has 1 aromatic rings. The van der Waals surface area contributed by atoms with E-state index in [2.05, 4.69) is 27.7 Å². The highest BCUT2D eigenvalue weighted by Crippen LogP contribution is 2.34. The topological polar surface area (TPSA) is 174 Å². The average molecular weight is 589 g/mol. The third kappa shape index (κ3) is 10.5. The Labute approximate surface area is 242 Å². The van der Waals surface area contributed by atoms with E-state index in [1.807, 2.05) is 18.2 Å². The van der Waals surface area contributed by atoms with Crippen molar-refractivity contribution >= 4 is 6.47 Å². The van der Waals surface area contributed by atoms with Gasteiger partial charge in [0.1, 0.15) is 30.2 Å². The number of ether oxygens (including phenoxy) is 6. The SMILES string of the molecule is CC(C)c1cccc(C(C)C)c1OC=O.COCCCOC1CC(O)[C@H](O[C@@H]2CC(O)[C@H](O)C(CO)O2)C(CO)O1. The minimum Gasteiger partial charge on any atom is -0.428 e. The molecule has 1 aromatic carbocycles. The Morgan fingerprint density at radius 1 is 0.902 bits per heavy atom. The Morgan fingerprint density at radius 3 is 2.02 bits per heavy atom. The zero-order valence-corrected chi connectivity index (χ0v) is 24.6. The fraction of sp³-hybridized carbons (Fsp3) is 0.759. The first kappa shape index (κ1) is 35.5. The van der Waals surface area contributed by atoms with Gasteiger partial charge in [-0.3, -0.25) is 4.79 Å². The number of para-hydroxylation sites is 1. The van der Waals surface area contributed by atoms with Crippen LogP contribution >= 0.6 is 0 Å².